The van der Waals surface area contributed by atoms with Crippen molar-refractivity contribution in [2.45, 2.75) is 12.8 Å². The van der Waals surface area contributed by atoms with Gasteiger partial charge in [-0.3, -0.25) is 9.69 Å². The Balaban J connectivity index is 1.69. The molecule has 0 unspecified atom stereocenters. The summed E-state index contributed by atoms with van der Waals surface area (Å²) in [6, 6.07) is 7.46. The first kappa shape index (κ1) is 13.7. The van der Waals surface area contributed by atoms with Gasteiger partial charge >= 0.3 is 12.0 Å². The van der Waals surface area contributed by atoms with Crippen LogP contribution >= 0.6 is 0 Å². The van der Waals surface area contributed by atoms with E-state index in [0.29, 0.717) is 26.2 Å². The lowest BCUT2D eigenvalue weighted by Crippen LogP contribution is -2.55. The Morgan fingerprint density at radius 1 is 1.29 bits per heavy atom. The number of hydrogen-bond donors (Lipinski definition) is 1. The van der Waals surface area contributed by atoms with Crippen LogP contribution in [0, 0.1) is 5.92 Å². The molecule has 2 aliphatic rings. The second-order valence-corrected chi connectivity index (χ2v) is 5.47. The highest BCUT2D eigenvalue weighted by Gasteiger charge is 2.35. The fourth-order valence-electron chi connectivity index (χ4n) is 2.80. The smallest absolute Gasteiger partial charge is 0.324 e. The molecule has 2 amide bonds. The molecule has 2 aliphatic heterocycles. The van der Waals surface area contributed by atoms with Crippen LogP contribution < -0.4 is 9.64 Å². The number of likely N-dealkylation sites (tertiary alicyclic amines) is 1. The number of anilines is 1. The van der Waals surface area contributed by atoms with Gasteiger partial charge in [0, 0.05) is 25.6 Å². The number of carboxylic acids is 1. The van der Waals surface area contributed by atoms with Crippen molar-refractivity contribution < 1.29 is 19.4 Å². The number of amides is 2. The molecule has 6 nitrogen and oxygen atoms in total. The number of carboxylic acid groups (broad SMARTS) is 1. The van der Waals surface area contributed by atoms with Crippen LogP contribution in [-0.4, -0.2) is 48.2 Å². The first-order chi connectivity index (χ1) is 10.1. The van der Waals surface area contributed by atoms with Crippen molar-refractivity contribution >= 4 is 17.7 Å². The van der Waals surface area contributed by atoms with Crippen LogP contribution in [0.5, 0.6) is 5.75 Å². The lowest BCUT2D eigenvalue weighted by Gasteiger charge is -2.41. The summed E-state index contributed by atoms with van der Waals surface area (Å²) in [6.07, 6.45) is 0.913. The molecule has 0 saturated carbocycles. The molecular weight excluding hydrogens is 272 g/mol. The van der Waals surface area contributed by atoms with Gasteiger partial charge in [0.2, 0.25) is 0 Å². The molecule has 2 heterocycles. The van der Waals surface area contributed by atoms with Gasteiger partial charge < -0.3 is 14.7 Å². The van der Waals surface area contributed by atoms with Crippen molar-refractivity contribution in [3.8, 4) is 5.75 Å². The molecule has 0 atom stereocenters. The number of rotatable bonds is 2. The molecule has 1 fully saturated rings. The monoisotopic (exact) mass is 290 g/mol. The fourth-order valence-corrected chi connectivity index (χ4v) is 2.80. The van der Waals surface area contributed by atoms with E-state index in [2.05, 4.69) is 0 Å². The SMILES string of the molecule is O=C(O)CC1CN(C(=O)N2CCCOc3ccccc32)C1. The van der Waals surface area contributed by atoms with Crippen LogP contribution in [0.15, 0.2) is 24.3 Å². The van der Waals surface area contributed by atoms with Crippen molar-refractivity contribution in [1.82, 2.24) is 4.90 Å². The molecule has 1 saturated heterocycles. The number of urea groups is 1. The third-order valence-corrected chi connectivity index (χ3v) is 3.86. The van der Waals surface area contributed by atoms with Crippen molar-refractivity contribution in [1.29, 1.82) is 0 Å². The highest BCUT2D eigenvalue weighted by atomic mass is 16.5. The van der Waals surface area contributed by atoms with E-state index < -0.39 is 5.97 Å². The van der Waals surface area contributed by atoms with E-state index in [1.54, 1.807) is 9.80 Å². The van der Waals surface area contributed by atoms with Crippen LogP contribution in [0.1, 0.15) is 12.8 Å². The van der Waals surface area contributed by atoms with E-state index in [1.807, 2.05) is 24.3 Å². The highest BCUT2D eigenvalue weighted by Crippen LogP contribution is 2.32. The first-order valence-electron chi connectivity index (χ1n) is 7.15. The predicted molar refractivity (Wildman–Crippen MR) is 76.6 cm³/mol. The molecule has 6 heteroatoms. The molecule has 0 radical (unpaired) electrons. The molecule has 0 aliphatic carbocycles. The number of hydrogen-bond acceptors (Lipinski definition) is 3. The summed E-state index contributed by atoms with van der Waals surface area (Å²) in [5.41, 5.74) is 0.793. The Morgan fingerprint density at radius 2 is 2.05 bits per heavy atom. The Bertz CT molecular complexity index is 554. The van der Waals surface area contributed by atoms with Gasteiger partial charge in [-0.2, -0.15) is 0 Å². The van der Waals surface area contributed by atoms with Gasteiger partial charge in [0.05, 0.1) is 18.7 Å². The number of fused-ring (bicyclic) bond motifs is 1. The average molecular weight is 290 g/mol. The van der Waals surface area contributed by atoms with E-state index in [0.717, 1.165) is 17.9 Å². The fraction of sp³-hybridized carbons (Fsp3) is 0.467. The molecule has 1 N–H and O–H groups in total. The Kier molecular flexibility index (Phi) is 3.68. The van der Waals surface area contributed by atoms with Gasteiger partial charge in [-0.05, 0) is 18.6 Å². The standard InChI is InChI=1S/C15H18N2O4/c18-14(19)8-11-9-16(10-11)15(20)17-6-3-7-21-13-5-2-1-4-12(13)17/h1-2,4-5,11H,3,6-10H2,(H,18,19). The molecule has 112 valence electrons. The Morgan fingerprint density at radius 3 is 2.81 bits per heavy atom. The normalized spacial score (nSPS) is 18.3. The third-order valence-electron chi connectivity index (χ3n) is 3.86. The van der Waals surface area contributed by atoms with Crippen LogP contribution in [-0.2, 0) is 4.79 Å². The first-order valence-corrected chi connectivity index (χ1v) is 7.15. The molecule has 1 aromatic carbocycles. The minimum atomic E-state index is -0.805. The second-order valence-electron chi connectivity index (χ2n) is 5.47. The molecule has 0 spiro atoms. The number of nitrogens with zero attached hydrogens (tertiary/aromatic N) is 2. The highest BCUT2D eigenvalue weighted by molar-refractivity contribution is 5.94. The van der Waals surface area contributed by atoms with Crippen LogP contribution in [0.25, 0.3) is 0 Å². The number of benzene rings is 1. The third kappa shape index (κ3) is 2.79. The van der Waals surface area contributed by atoms with E-state index in [1.165, 1.54) is 0 Å². The second kappa shape index (κ2) is 5.63. The molecule has 1 aromatic rings. The van der Waals surface area contributed by atoms with Crippen LogP contribution in [0.4, 0.5) is 10.5 Å². The summed E-state index contributed by atoms with van der Waals surface area (Å²) < 4.78 is 5.64. The van der Waals surface area contributed by atoms with Gasteiger partial charge in [-0.25, -0.2) is 4.79 Å². The van der Waals surface area contributed by atoms with Crippen molar-refractivity contribution in [3.05, 3.63) is 24.3 Å². The molecular formula is C15H18N2O4. The quantitative estimate of drug-likeness (QED) is 0.901. The summed E-state index contributed by atoms with van der Waals surface area (Å²) in [4.78, 5) is 26.7. The maximum absolute atomic E-state index is 12.6. The molecule has 0 aromatic heterocycles. The van der Waals surface area contributed by atoms with Gasteiger partial charge in [0.15, 0.2) is 0 Å². The molecule has 3 rings (SSSR count). The zero-order valence-corrected chi connectivity index (χ0v) is 11.7. The van der Waals surface area contributed by atoms with E-state index >= 15 is 0 Å². The number of para-hydroxylation sites is 2. The van der Waals surface area contributed by atoms with Crippen LogP contribution in [0.2, 0.25) is 0 Å². The number of aliphatic carboxylic acids is 1. The lowest BCUT2D eigenvalue weighted by molar-refractivity contribution is -0.139. The number of carbonyl (C=O) groups is 2. The largest absolute Gasteiger partial charge is 0.491 e. The van der Waals surface area contributed by atoms with Gasteiger partial charge in [-0.15, -0.1) is 0 Å². The van der Waals surface area contributed by atoms with Crippen molar-refractivity contribution in [2.75, 3.05) is 31.1 Å². The van der Waals surface area contributed by atoms with Crippen molar-refractivity contribution in [3.63, 3.8) is 0 Å². The summed E-state index contributed by atoms with van der Waals surface area (Å²) in [7, 11) is 0. The summed E-state index contributed by atoms with van der Waals surface area (Å²) >= 11 is 0. The summed E-state index contributed by atoms with van der Waals surface area (Å²) in [6.45, 7) is 2.26. The number of carbonyl (C=O) groups excluding carboxylic acids is 1. The minimum absolute atomic E-state index is 0.0606. The average Bonchev–Trinajstić information content (AvgIpc) is 2.63. The number of ether oxygens (including phenoxy) is 1. The lowest BCUT2D eigenvalue weighted by atomic mass is 9.97. The minimum Gasteiger partial charge on any atom is -0.491 e. The summed E-state index contributed by atoms with van der Waals surface area (Å²) in [5.74, 6) is -0.00324. The Labute approximate surface area is 122 Å². The van der Waals surface area contributed by atoms with E-state index in [9.17, 15) is 9.59 Å². The van der Waals surface area contributed by atoms with Crippen LogP contribution in [0.3, 0.4) is 0 Å². The maximum Gasteiger partial charge on any atom is 0.324 e. The van der Waals surface area contributed by atoms with E-state index in [-0.39, 0.29) is 18.4 Å². The van der Waals surface area contributed by atoms with Gasteiger partial charge in [0.1, 0.15) is 5.75 Å². The Hall–Kier alpha value is -2.24. The molecule has 0 bridgehead atoms. The van der Waals surface area contributed by atoms with Gasteiger partial charge in [0.25, 0.3) is 0 Å². The maximum atomic E-state index is 12.6. The topological polar surface area (TPSA) is 70.1 Å². The summed E-state index contributed by atoms with van der Waals surface area (Å²) in [5, 5.41) is 8.76. The van der Waals surface area contributed by atoms with E-state index in [4.69, 9.17) is 9.84 Å². The molecule has 21 heavy (non-hydrogen) atoms. The zero-order chi connectivity index (χ0) is 14.8. The predicted octanol–water partition coefficient (Wildman–Crippen LogP) is 1.80. The zero-order valence-electron chi connectivity index (χ0n) is 11.7. The van der Waals surface area contributed by atoms with Crippen molar-refractivity contribution in [2.24, 2.45) is 5.92 Å². The van der Waals surface area contributed by atoms with Gasteiger partial charge in [-0.1, -0.05) is 12.1 Å².